The maximum absolute atomic E-state index is 12.4. The summed E-state index contributed by atoms with van der Waals surface area (Å²) in [5.74, 6) is -1.12. The molecule has 0 unspecified atom stereocenters. The van der Waals surface area contributed by atoms with Crippen LogP contribution in [0.3, 0.4) is 0 Å². The summed E-state index contributed by atoms with van der Waals surface area (Å²) in [6, 6.07) is 0.997. The minimum Gasteiger partial charge on any atom is -0.506 e. The van der Waals surface area contributed by atoms with E-state index in [9.17, 15) is 13.6 Å². The van der Waals surface area contributed by atoms with Crippen molar-refractivity contribution in [3.8, 4) is 5.75 Å². The lowest BCUT2D eigenvalue weighted by molar-refractivity contribution is -0.142. The Morgan fingerprint density at radius 1 is 1.62 bits per heavy atom. The third kappa shape index (κ3) is 3.15. The zero-order chi connectivity index (χ0) is 12.1. The highest BCUT2D eigenvalue weighted by atomic mass is 19.3. The molecule has 0 atom stereocenters. The first-order valence-corrected chi connectivity index (χ1v) is 4.66. The maximum Gasteiger partial charge on any atom is 0.311 e. The number of esters is 1. The molecule has 1 aromatic heterocycles. The van der Waals surface area contributed by atoms with E-state index >= 15 is 0 Å². The van der Waals surface area contributed by atoms with E-state index < -0.39 is 23.7 Å². The van der Waals surface area contributed by atoms with Gasteiger partial charge in [-0.2, -0.15) is 0 Å². The molecule has 0 aliphatic rings. The van der Waals surface area contributed by atoms with Crippen LogP contribution in [0.5, 0.6) is 5.75 Å². The quantitative estimate of drug-likeness (QED) is 0.803. The van der Waals surface area contributed by atoms with Crippen molar-refractivity contribution in [3.63, 3.8) is 0 Å². The molecule has 0 radical (unpaired) electrons. The number of ether oxygens (including phenoxy) is 1. The van der Waals surface area contributed by atoms with E-state index in [1.54, 1.807) is 6.92 Å². The Hall–Kier alpha value is -1.72. The number of aromatic hydroxyl groups is 1. The highest BCUT2D eigenvalue weighted by Gasteiger charge is 2.15. The van der Waals surface area contributed by atoms with E-state index in [1.165, 1.54) is 0 Å². The van der Waals surface area contributed by atoms with Gasteiger partial charge in [0.2, 0.25) is 0 Å². The molecule has 1 aromatic rings. The Labute approximate surface area is 90.9 Å². The van der Waals surface area contributed by atoms with Crippen LogP contribution in [0.4, 0.5) is 8.78 Å². The van der Waals surface area contributed by atoms with Crippen LogP contribution in [0.25, 0.3) is 0 Å². The number of alkyl halides is 2. The van der Waals surface area contributed by atoms with Gasteiger partial charge < -0.3 is 9.84 Å². The smallest absolute Gasteiger partial charge is 0.311 e. The maximum atomic E-state index is 12.4. The summed E-state index contributed by atoms with van der Waals surface area (Å²) in [6.45, 7) is 1.87. The lowest BCUT2D eigenvalue weighted by atomic mass is 10.2. The number of aromatic nitrogens is 1. The van der Waals surface area contributed by atoms with Crippen molar-refractivity contribution in [2.24, 2.45) is 0 Å². The van der Waals surface area contributed by atoms with Crippen LogP contribution in [0.2, 0.25) is 0 Å². The van der Waals surface area contributed by atoms with Crippen molar-refractivity contribution in [3.05, 3.63) is 23.5 Å². The summed E-state index contributed by atoms with van der Waals surface area (Å²) in [5, 5.41) is 9.08. The predicted molar refractivity (Wildman–Crippen MR) is 51.2 cm³/mol. The molecule has 4 nitrogen and oxygen atoms in total. The standard InChI is InChI=1S/C10H11F2NO3/c1-2-16-9(15)4-6-3-7(10(11)12)8(14)5-13-6/h3,5,10,14H,2,4H2,1H3. The second kappa shape index (κ2) is 5.39. The number of nitrogens with zero attached hydrogens (tertiary/aromatic N) is 1. The molecule has 0 amide bonds. The molecule has 0 aliphatic heterocycles. The number of carbonyl (C=O) groups excluding carboxylic acids is 1. The normalized spacial score (nSPS) is 10.5. The van der Waals surface area contributed by atoms with Crippen LogP contribution >= 0.6 is 0 Å². The fraction of sp³-hybridized carbons (Fsp3) is 0.400. The van der Waals surface area contributed by atoms with Crippen LogP contribution in [0.15, 0.2) is 12.3 Å². The number of pyridine rings is 1. The topological polar surface area (TPSA) is 59.4 Å². The highest BCUT2D eigenvalue weighted by molar-refractivity contribution is 5.72. The van der Waals surface area contributed by atoms with Gasteiger partial charge in [0.15, 0.2) is 0 Å². The Morgan fingerprint density at radius 3 is 2.88 bits per heavy atom. The number of hydrogen-bond donors (Lipinski definition) is 1. The first kappa shape index (κ1) is 12.4. The van der Waals surface area contributed by atoms with Crippen molar-refractivity contribution in [1.29, 1.82) is 0 Å². The van der Waals surface area contributed by atoms with Crippen LogP contribution in [-0.2, 0) is 16.0 Å². The molecular weight excluding hydrogens is 220 g/mol. The molecule has 0 bridgehead atoms. The van der Waals surface area contributed by atoms with Crippen molar-refractivity contribution < 1.29 is 23.4 Å². The molecule has 88 valence electrons. The fourth-order valence-corrected chi connectivity index (χ4v) is 1.14. The lowest BCUT2D eigenvalue weighted by Gasteiger charge is -2.05. The number of carbonyl (C=O) groups is 1. The molecule has 1 rings (SSSR count). The van der Waals surface area contributed by atoms with Crippen molar-refractivity contribution >= 4 is 5.97 Å². The Bertz CT molecular complexity index is 382. The van der Waals surface area contributed by atoms with Crippen LogP contribution in [0.1, 0.15) is 24.6 Å². The van der Waals surface area contributed by atoms with Crippen molar-refractivity contribution in [2.45, 2.75) is 19.8 Å². The SMILES string of the molecule is CCOC(=O)Cc1cc(C(F)F)c(O)cn1. The first-order valence-electron chi connectivity index (χ1n) is 4.66. The minimum atomic E-state index is -2.80. The van der Waals surface area contributed by atoms with Gasteiger partial charge in [0.05, 0.1) is 30.5 Å². The molecule has 0 saturated carbocycles. The minimum absolute atomic E-state index is 0.145. The summed E-state index contributed by atoms with van der Waals surface area (Å²) >= 11 is 0. The molecular formula is C10H11F2NO3. The van der Waals surface area contributed by atoms with Gasteiger partial charge in [0.1, 0.15) is 5.75 Å². The lowest BCUT2D eigenvalue weighted by Crippen LogP contribution is -2.09. The van der Waals surface area contributed by atoms with Crippen LogP contribution in [0, 0.1) is 0 Å². The van der Waals surface area contributed by atoms with E-state index in [2.05, 4.69) is 9.72 Å². The largest absolute Gasteiger partial charge is 0.506 e. The molecule has 0 spiro atoms. The Morgan fingerprint density at radius 2 is 2.31 bits per heavy atom. The average Bonchev–Trinajstić information content (AvgIpc) is 2.21. The van der Waals surface area contributed by atoms with Crippen molar-refractivity contribution in [2.75, 3.05) is 6.61 Å². The Balaban J connectivity index is 2.82. The van der Waals surface area contributed by atoms with E-state index in [0.717, 1.165) is 12.3 Å². The monoisotopic (exact) mass is 231 g/mol. The first-order chi connectivity index (χ1) is 7.54. The highest BCUT2D eigenvalue weighted by Crippen LogP contribution is 2.27. The zero-order valence-electron chi connectivity index (χ0n) is 8.61. The van der Waals surface area contributed by atoms with Gasteiger partial charge in [-0.15, -0.1) is 0 Å². The van der Waals surface area contributed by atoms with Gasteiger partial charge in [0, 0.05) is 0 Å². The van der Waals surface area contributed by atoms with Gasteiger partial charge in [-0.3, -0.25) is 9.78 Å². The van der Waals surface area contributed by atoms with Crippen LogP contribution in [-0.4, -0.2) is 22.7 Å². The molecule has 1 N–H and O–H groups in total. The second-order valence-electron chi connectivity index (χ2n) is 3.02. The van der Waals surface area contributed by atoms with Gasteiger partial charge in [-0.1, -0.05) is 0 Å². The molecule has 0 aromatic carbocycles. The van der Waals surface area contributed by atoms with E-state index in [0.29, 0.717) is 0 Å². The molecule has 16 heavy (non-hydrogen) atoms. The number of hydrogen-bond acceptors (Lipinski definition) is 4. The summed E-state index contributed by atoms with van der Waals surface area (Å²) in [5.41, 5.74) is -0.388. The third-order valence-corrected chi connectivity index (χ3v) is 1.84. The van der Waals surface area contributed by atoms with Gasteiger partial charge in [-0.25, -0.2) is 8.78 Å². The van der Waals surface area contributed by atoms with Crippen molar-refractivity contribution in [1.82, 2.24) is 4.98 Å². The second-order valence-corrected chi connectivity index (χ2v) is 3.02. The molecule has 0 fully saturated rings. The summed E-state index contributed by atoms with van der Waals surface area (Å²) < 4.78 is 29.4. The molecule has 0 aliphatic carbocycles. The summed E-state index contributed by atoms with van der Waals surface area (Å²) in [4.78, 5) is 14.7. The average molecular weight is 231 g/mol. The summed E-state index contributed by atoms with van der Waals surface area (Å²) in [6.07, 6.45) is -2.09. The van der Waals surface area contributed by atoms with Gasteiger partial charge in [-0.05, 0) is 13.0 Å². The van der Waals surface area contributed by atoms with E-state index in [1.807, 2.05) is 0 Å². The van der Waals surface area contributed by atoms with Crippen LogP contribution < -0.4 is 0 Å². The third-order valence-electron chi connectivity index (χ3n) is 1.84. The van der Waals surface area contributed by atoms with Gasteiger partial charge >= 0.3 is 5.97 Å². The van der Waals surface area contributed by atoms with Gasteiger partial charge in [0.25, 0.3) is 6.43 Å². The molecule has 0 saturated heterocycles. The Kier molecular flexibility index (Phi) is 4.16. The van der Waals surface area contributed by atoms with E-state index in [-0.39, 0.29) is 18.7 Å². The molecule has 6 heteroatoms. The number of halogens is 2. The molecule has 1 heterocycles. The zero-order valence-corrected chi connectivity index (χ0v) is 8.61. The predicted octanol–water partition coefficient (Wildman–Crippen LogP) is 1.83. The number of rotatable bonds is 4. The summed E-state index contributed by atoms with van der Waals surface area (Å²) in [7, 11) is 0. The fourth-order valence-electron chi connectivity index (χ4n) is 1.14. The van der Waals surface area contributed by atoms with E-state index in [4.69, 9.17) is 5.11 Å².